The lowest BCUT2D eigenvalue weighted by atomic mass is 9.85. The molecule has 0 bridgehead atoms. The van der Waals surface area contributed by atoms with E-state index in [9.17, 15) is 49.7 Å². The summed E-state index contributed by atoms with van der Waals surface area (Å²) in [6.07, 6.45) is 37.7. The Hall–Kier alpha value is -3.53. The molecule has 1 saturated carbocycles. The second kappa shape index (κ2) is 39.5. The van der Waals surface area contributed by atoms with Crippen molar-refractivity contribution < 1.29 is 68.2 Å². The van der Waals surface area contributed by atoms with Crippen molar-refractivity contribution in [2.24, 2.45) is 0 Å². The van der Waals surface area contributed by atoms with Crippen LogP contribution in [0.3, 0.4) is 0 Å². The molecule has 66 heavy (non-hydrogen) atoms. The first-order valence-corrected chi connectivity index (χ1v) is 25.3. The molecule has 7 N–H and O–H groups in total. The number of rotatable bonds is 37. The van der Waals surface area contributed by atoms with Gasteiger partial charge in [0.2, 0.25) is 0 Å². The van der Waals surface area contributed by atoms with E-state index in [1.807, 2.05) is 72.9 Å². The molecule has 1 aliphatic rings. The number of hydrogen-bond acceptors (Lipinski definition) is 13. The standard InChI is InChI=1S/C51H81O14P/c1-3-5-7-8-9-10-11-12-13-14-15-18-21-24-27-30-34-38-44(53)62-40-43(41-63-66(60,61)65-51-49(58)47(56)46(55)48(57)50(51)59)64-45(54)39-35-31-28-25-22-19-16-17-20-23-26-29-33-37-42(52)36-32-6-4-2/h6,12-13,15,17-20,22,24,26-29,31-33,37,42-43,46-52,55-59H,3-5,7-11,14,16,21,23,25,30,34-36,38-41H2,1-2H3,(H,60,61)/b13-12-,18-15-,20-17-,22-19-,27-24-,29-26+,31-28-,32-6-,37-33+/t42?,43-,46?,47-,48+,49-,50-,51?/m1/s1. The molecular weight excluding hydrogens is 868 g/mol. The molecular formula is C51H81O14P. The average molecular weight is 949 g/mol. The number of phosphoric acid groups is 1. The molecule has 0 aromatic heterocycles. The lowest BCUT2D eigenvalue weighted by Gasteiger charge is -2.41. The van der Waals surface area contributed by atoms with E-state index >= 15 is 0 Å². The summed E-state index contributed by atoms with van der Waals surface area (Å²) in [6, 6.07) is 0. The number of ether oxygens (including phenoxy) is 2. The minimum Gasteiger partial charge on any atom is -0.462 e. The minimum atomic E-state index is -5.17. The van der Waals surface area contributed by atoms with Gasteiger partial charge in [-0.05, 0) is 77.0 Å². The van der Waals surface area contributed by atoms with Crippen LogP contribution in [0.15, 0.2) is 109 Å². The van der Waals surface area contributed by atoms with Crippen LogP contribution in [0.5, 0.6) is 0 Å². The second-order valence-electron chi connectivity index (χ2n) is 16.1. The van der Waals surface area contributed by atoms with Crippen LogP contribution < -0.4 is 0 Å². The summed E-state index contributed by atoms with van der Waals surface area (Å²) in [5, 5.41) is 60.0. The summed E-state index contributed by atoms with van der Waals surface area (Å²) in [6.45, 7) is 2.97. The van der Waals surface area contributed by atoms with E-state index < -0.39 is 81.8 Å². The third kappa shape index (κ3) is 31.4. The zero-order chi connectivity index (χ0) is 48.7. The molecule has 0 aromatic carbocycles. The highest BCUT2D eigenvalue weighted by atomic mass is 31.2. The maximum absolute atomic E-state index is 12.8. The maximum Gasteiger partial charge on any atom is 0.472 e. The molecule has 0 saturated heterocycles. The molecule has 1 rings (SSSR count). The fourth-order valence-corrected chi connectivity index (χ4v) is 7.33. The van der Waals surface area contributed by atoms with Crippen molar-refractivity contribution >= 4 is 19.8 Å². The molecule has 0 radical (unpaired) electrons. The smallest absolute Gasteiger partial charge is 0.462 e. The molecule has 0 heterocycles. The van der Waals surface area contributed by atoms with Gasteiger partial charge in [0.05, 0.1) is 12.7 Å². The van der Waals surface area contributed by atoms with Crippen molar-refractivity contribution in [2.45, 2.75) is 185 Å². The minimum absolute atomic E-state index is 0.0612. The van der Waals surface area contributed by atoms with Gasteiger partial charge in [0.15, 0.2) is 6.10 Å². The number of carbonyl (C=O) groups is 2. The van der Waals surface area contributed by atoms with Crippen LogP contribution in [0.1, 0.15) is 136 Å². The quantitative estimate of drug-likeness (QED) is 0.0102. The summed E-state index contributed by atoms with van der Waals surface area (Å²) < 4.78 is 33.4. The molecule has 0 amide bonds. The van der Waals surface area contributed by atoms with Gasteiger partial charge >= 0.3 is 19.8 Å². The summed E-state index contributed by atoms with van der Waals surface area (Å²) in [5.41, 5.74) is 0. The van der Waals surface area contributed by atoms with Crippen LogP contribution in [-0.4, -0.2) is 110 Å². The highest BCUT2D eigenvalue weighted by Gasteiger charge is 2.51. The zero-order valence-electron chi connectivity index (χ0n) is 39.3. The summed E-state index contributed by atoms with van der Waals surface area (Å²) in [5.74, 6) is -1.29. The van der Waals surface area contributed by atoms with Crippen LogP contribution in [0, 0.1) is 0 Å². The van der Waals surface area contributed by atoms with Crippen LogP contribution >= 0.6 is 7.82 Å². The van der Waals surface area contributed by atoms with Crippen molar-refractivity contribution in [3.05, 3.63) is 109 Å². The SMILES string of the molecule is CC/C=C\CC(O)/C=C/C=C/C/C=C\C/C=C\C/C=C\CCC(=O)O[C@H](COC(=O)CCC/C=C\C/C=C\C/C=C\CCCCCCCC)COP(=O)(O)OC1[C@H](O)[C@H](O)C(O)[C@H](O)[C@H]1O. The predicted molar refractivity (Wildman–Crippen MR) is 259 cm³/mol. The highest BCUT2D eigenvalue weighted by Crippen LogP contribution is 2.47. The number of unbranched alkanes of at least 4 members (excludes halogenated alkanes) is 7. The van der Waals surface area contributed by atoms with Crippen molar-refractivity contribution in [3.8, 4) is 0 Å². The van der Waals surface area contributed by atoms with Crippen molar-refractivity contribution in [2.75, 3.05) is 13.2 Å². The first-order chi connectivity index (χ1) is 31.8. The van der Waals surface area contributed by atoms with Gasteiger partial charge in [-0.1, -0.05) is 155 Å². The highest BCUT2D eigenvalue weighted by molar-refractivity contribution is 7.47. The number of phosphoric ester groups is 1. The van der Waals surface area contributed by atoms with E-state index in [-0.39, 0.29) is 12.8 Å². The number of aliphatic hydroxyl groups excluding tert-OH is 6. The van der Waals surface area contributed by atoms with Gasteiger partial charge in [0.1, 0.15) is 43.2 Å². The lowest BCUT2D eigenvalue weighted by Crippen LogP contribution is -2.64. The van der Waals surface area contributed by atoms with E-state index in [0.717, 1.165) is 38.5 Å². The number of aliphatic hydroxyl groups is 6. The van der Waals surface area contributed by atoms with Gasteiger partial charge in [-0.2, -0.15) is 0 Å². The lowest BCUT2D eigenvalue weighted by molar-refractivity contribution is -0.220. The Morgan fingerprint density at radius 1 is 0.561 bits per heavy atom. The Morgan fingerprint density at radius 3 is 1.67 bits per heavy atom. The summed E-state index contributed by atoms with van der Waals surface area (Å²) in [7, 11) is -5.17. The van der Waals surface area contributed by atoms with Crippen LogP contribution in [-0.2, 0) is 32.7 Å². The van der Waals surface area contributed by atoms with E-state index in [1.54, 1.807) is 12.2 Å². The van der Waals surface area contributed by atoms with Gasteiger partial charge in [0.25, 0.3) is 0 Å². The third-order valence-corrected chi connectivity index (χ3v) is 11.2. The molecule has 0 aliphatic heterocycles. The normalized spacial score (nSPS) is 22.7. The maximum atomic E-state index is 12.8. The Balaban J connectivity index is 2.57. The first kappa shape index (κ1) is 60.5. The van der Waals surface area contributed by atoms with E-state index in [1.165, 1.54) is 38.5 Å². The van der Waals surface area contributed by atoms with Gasteiger partial charge in [-0.25, -0.2) is 4.57 Å². The molecule has 14 nitrogen and oxygen atoms in total. The fourth-order valence-electron chi connectivity index (χ4n) is 6.35. The van der Waals surface area contributed by atoms with Gasteiger partial charge in [-0.15, -0.1) is 0 Å². The monoisotopic (exact) mass is 949 g/mol. The topological polar surface area (TPSA) is 230 Å². The second-order valence-corrected chi connectivity index (χ2v) is 17.5. The van der Waals surface area contributed by atoms with Crippen LogP contribution in [0.25, 0.3) is 0 Å². The molecule has 374 valence electrons. The van der Waals surface area contributed by atoms with Gasteiger partial charge < -0.3 is 45.0 Å². The van der Waals surface area contributed by atoms with Crippen molar-refractivity contribution in [3.63, 3.8) is 0 Å². The zero-order valence-corrected chi connectivity index (χ0v) is 40.2. The molecule has 1 aliphatic carbocycles. The number of carbonyl (C=O) groups excluding carboxylic acids is 2. The predicted octanol–water partition coefficient (Wildman–Crippen LogP) is 8.58. The average Bonchev–Trinajstić information content (AvgIpc) is 3.29. The largest absolute Gasteiger partial charge is 0.472 e. The summed E-state index contributed by atoms with van der Waals surface area (Å²) >= 11 is 0. The van der Waals surface area contributed by atoms with Crippen LogP contribution in [0.2, 0.25) is 0 Å². The molecule has 4 unspecified atom stereocenters. The van der Waals surface area contributed by atoms with Crippen molar-refractivity contribution in [1.82, 2.24) is 0 Å². The third-order valence-electron chi connectivity index (χ3n) is 10.2. The molecule has 9 atom stereocenters. The van der Waals surface area contributed by atoms with E-state index in [2.05, 4.69) is 38.2 Å². The van der Waals surface area contributed by atoms with E-state index in [0.29, 0.717) is 32.1 Å². The van der Waals surface area contributed by atoms with Crippen molar-refractivity contribution in [1.29, 1.82) is 0 Å². The fraction of sp³-hybridized carbons (Fsp3) is 0.608. The first-order valence-electron chi connectivity index (χ1n) is 23.8. The van der Waals surface area contributed by atoms with Crippen LogP contribution in [0.4, 0.5) is 0 Å². The molecule has 0 spiro atoms. The number of hydrogen-bond donors (Lipinski definition) is 7. The van der Waals surface area contributed by atoms with Gasteiger partial charge in [0, 0.05) is 12.8 Å². The van der Waals surface area contributed by atoms with E-state index in [4.69, 9.17) is 18.5 Å². The Labute approximate surface area is 394 Å². The number of allylic oxidation sites excluding steroid dienone is 16. The Morgan fingerprint density at radius 2 is 1.08 bits per heavy atom. The molecule has 0 aromatic rings. The number of esters is 2. The molecule has 15 heteroatoms. The summed E-state index contributed by atoms with van der Waals surface area (Å²) in [4.78, 5) is 35.7. The Bertz CT molecular complexity index is 1580. The molecule has 1 fully saturated rings. The Kier molecular flexibility index (Phi) is 36.2. The van der Waals surface area contributed by atoms with Gasteiger partial charge in [-0.3, -0.25) is 18.6 Å².